The molecule has 1 aliphatic carbocycles. The Bertz CT molecular complexity index is 1340. The van der Waals surface area contributed by atoms with E-state index < -0.39 is 5.54 Å². The Morgan fingerprint density at radius 2 is 2.07 bits per heavy atom. The number of hydrogen-bond donors (Lipinski definition) is 1. The second kappa shape index (κ2) is 6.39. The van der Waals surface area contributed by atoms with Gasteiger partial charge >= 0.3 is 0 Å². The number of fused-ring (bicyclic) bond motifs is 1. The van der Waals surface area contributed by atoms with Gasteiger partial charge in [0.1, 0.15) is 17.1 Å². The Kier molecular flexibility index (Phi) is 3.79. The van der Waals surface area contributed by atoms with Gasteiger partial charge in [0.05, 0.1) is 59.7 Å². The van der Waals surface area contributed by atoms with E-state index in [4.69, 9.17) is 10.7 Å². The third-order valence-electron chi connectivity index (χ3n) is 5.58. The van der Waals surface area contributed by atoms with Crippen LogP contribution in [0.5, 0.6) is 0 Å². The zero-order valence-electron chi connectivity index (χ0n) is 16.1. The van der Waals surface area contributed by atoms with E-state index in [1.54, 1.807) is 39.5 Å². The Morgan fingerprint density at radius 1 is 1.23 bits per heavy atom. The first-order valence-corrected chi connectivity index (χ1v) is 9.36. The van der Waals surface area contributed by atoms with Crippen LogP contribution in [-0.2, 0) is 12.6 Å². The molecule has 0 bridgehead atoms. The summed E-state index contributed by atoms with van der Waals surface area (Å²) in [7, 11) is 1.79. The average Bonchev–Trinajstić information content (AvgIpc) is 3.43. The molecule has 11 nitrogen and oxygen atoms in total. The van der Waals surface area contributed by atoms with Crippen molar-refractivity contribution in [2.75, 3.05) is 5.73 Å². The topological polar surface area (TPSA) is 152 Å². The fraction of sp³-hybridized carbons (Fsp3) is 0.316. The number of nitrogens with two attached hydrogens (primary N) is 1. The molecule has 4 aromatic heterocycles. The number of rotatable bonds is 4. The minimum Gasteiger partial charge on any atom is -0.382 e. The van der Waals surface area contributed by atoms with Crippen molar-refractivity contribution in [2.45, 2.75) is 24.8 Å². The maximum absolute atomic E-state index is 9.31. The van der Waals surface area contributed by atoms with Crippen LogP contribution in [0.25, 0.3) is 28.2 Å². The van der Waals surface area contributed by atoms with Crippen molar-refractivity contribution >= 4 is 11.3 Å². The fourth-order valence-corrected chi connectivity index (χ4v) is 4.03. The van der Waals surface area contributed by atoms with Crippen molar-refractivity contribution in [3.05, 3.63) is 30.9 Å². The van der Waals surface area contributed by atoms with Gasteiger partial charge in [-0.25, -0.2) is 9.50 Å². The van der Waals surface area contributed by atoms with Crippen LogP contribution in [0.3, 0.4) is 0 Å². The lowest BCUT2D eigenvalue weighted by molar-refractivity contribution is 0.0885. The van der Waals surface area contributed by atoms with Crippen LogP contribution < -0.4 is 5.73 Å². The van der Waals surface area contributed by atoms with Gasteiger partial charge in [0.2, 0.25) is 0 Å². The van der Waals surface area contributed by atoms with Gasteiger partial charge in [-0.05, 0) is 18.9 Å². The molecule has 4 aromatic rings. The Balaban J connectivity index is 1.64. The van der Waals surface area contributed by atoms with Crippen LogP contribution in [0.2, 0.25) is 0 Å². The molecular formula is C19H17N11. The number of anilines is 1. The third-order valence-corrected chi connectivity index (χ3v) is 5.58. The molecule has 1 aliphatic rings. The number of nitrogen functional groups attached to an aromatic ring is 1. The number of nitrogens with zero attached hydrogens (tertiary/aromatic N) is 10. The lowest BCUT2D eigenvalue weighted by Crippen LogP contribution is -2.46. The lowest BCUT2D eigenvalue weighted by Gasteiger charge is -2.43. The summed E-state index contributed by atoms with van der Waals surface area (Å²) in [6, 6.07) is 6.33. The summed E-state index contributed by atoms with van der Waals surface area (Å²) in [6.45, 7) is 0. The van der Waals surface area contributed by atoms with Gasteiger partial charge in [-0.15, -0.1) is 5.10 Å². The van der Waals surface area contributed by atoms with Gasteiger partial charge in [-0.2, -0.15) is 20.7 Å². The van der Waals surface area contributed by atoms with E-state index in [1.165, 1.54) is 0 Å². The minimum atomic E-state index is -0.513. The highest BCUT2D eigenvalue weighted by Gasteiger charge is 2.47. The first-order chi connectivity index (χ1) is 14.5. The summed E-state index contributed by atoms with van der Waals surface area (Å²) in [4.78, 5) is 4.78. The maximum Gasteiger partial charge on any atom is 0.155 e. The van der Waals surface area contributed by atoms with E-state index in [0.717, 1.165) is 5.52 Å². The summed E-state index contributed by atoms with van der Waals surface area (Å²) in [6.07, 6.45) is 8.47. The Labute approximate surface area is 171 Å². The maximum atomic E-state index is 9.31. The second-order valence-corrected chi connectivity index (χ2v) is 7.58. The number of hydrogen-bond acceptors (Lipinski definition) is 8. The summed E-state index contributed by atoms with van der Waals surface area (Å²) in [5.41, 5.74) is 9.00. The largest absolute Gasteiger partial charge is 0.382 e. The summed E-state index contributed by atoms with van der Waals surface area (Å²) in [5.74, 6) is 0.228. The highest BCUT2D eigenvalue weighted by molar-refractivity contribution is 5.83. The molecule has 2 N–H and O–H groups in total. The summed E-state index contributed by atoms with van der Waals surface area (Å²) >= 11 is 0. The molecule has 4 heterocycles. The molecule has 1 saturated carbocycles. The molecule has 0 aromatic carbocycles. The van der Waals surface area contributed by atoms with Crippen molar-refractivity contribution in [3.8, 4) is 34.8 Å². The van der Waals surface area contributed by atoms with Gasteiger partial charge in [-0.3, -0.25) is 9.36 Å². The number of aromatic nitrogens is 8. The quantitative estimate of drug-likeness (QED) is 0.542. The van der Waals surface area contributed by atoms with Crippen molar-refractivity contribution in [1.29, 1.82) is 10.5 Å². The normalized spacial score (nSPS) is 20.6. The minimum absolute atomic E-state index is 0.0770. The first kappa shape index (κ1) is 17.8. The van der Waals surface area contributed by atoms with Crippen LogP contribution in [0.4, 0.5) is 5.82 Å². The summed E-state index contributed by atoms with van der Waals surface area (Å²) < 4.78 is 5.05. The van der Waals surface area contributed by atoms with Crippen molar-refractivity contribution in [2.24, 2.45) is 13.0 Å². The van der Waals surface area contributed by atoms with Crippen LogP contribution in [0.1, 0.15) is 19.3 Å². The SMILES string of the molecule is Cn1cc(-c2cn3nccc3c(-c3cn(C4(CC#N)CC(C#N)C4)nc3N)n2)nn1. The molecule has 0 radical (unpaired) electrons. The standard InChI is InChI=1S/C19H17N11/c1-28-10-15(25-27-28)14-11-29-16(2-5-23-29)17(24-14)13-9-30(26-18(13)22)19(3-4-20)6-12(7-19)8-21/h2,5,9-12H,3,6-7H2,1H3,(H2,22,26). The molecule has 5 rings (SSSR count). The monoisotopic (exact) mass is 399 g/mol. The molecule has 0 saturated heterocycles. The highest BCUT2D eigenvalue weighted by Crippen LogP contribution is 2.47. The lowest BCUT2D eigenvalue weighted by atomic mass is 9.67. The fourth-order valence-electron chi connectivity index (χ4n) is 4.03. The second-order valence-electron chi connectivity index (χ2n) is 7.58. The first-order valence-electron chi connectivity index (χ1n) is 9.36. The van der Waals surface area contributed by atoms with E-state index >= 15 is 0 Å². The molecule has 0 spiro atoms. The van der Waals surface area contributed by atoms with Crippen molar-refractivity contribution in [1.82, 2.24) is 39.4 Å². The molecule has 0 aliphatic heterocycles. The Hall–Kier alpha value is -4.25. The van der Waals surface area contributed by atoms with Crippen molar-refractivity contribution in [3.63, 3.8) is 0 Å². The average molecular weight is 399 g/mol. The van der Waals surface area contributed by atoms with E-state index in [0.29, 0.717) is 41.3 Å². The molecule has 30 heavy (non-hydrogen) atoms. The predicted octanol–water partition coefficient (Wildman–Crippen LogP) is 1.51. The highest BCUT2D eigenvalue weighted by atomic mass is 15.4. The molecule has 0 atom stereocenters. The van der Waals surface area contributed by atoms with Gasteiger partial charge in [0, 0.05) is 13.2 Å². The van der Waals surface area contributed by atoms with E-state index in [1.807, 2.05) is 12.3 Å². The number of aryl methyl sites for hydroxylation is 1. The molecule has 0 amide bonds. The molecule has 1 fully saturated rings. The molecule has 0 unspecified atom stereocenters. The molecular weight excluding hydrogens is 382 g/mol. The Morgan fingerprint density at radius 3 is 2.77 bits per heavy atom. The van der Waals surface area contributed by atoms with E-state index in [9.17, 15) is 10.5 Å². The van der Waals surface area contributed by atoms with Gasteiger partial charge < -0.3 is 5.73 Å². The van der Waals surface area contributed by atoms with Crippen LogP contribution in [-0.4, -0.2) is 39.4 Å². The van der Waals surface area contributed by atoms with Gasteiger partial charge in [0.15, 0.2) is 5.82 Å². The van der Waals surface area contributed by atoms with Crippen LogP contribution in [0, 0.1) is 28.6 Å². The summed E-state index contributed by atoms with van der Waals surface area (Å²) in [5, 5.41) is 35.4. The zero-order valence-corrected chi connectivity index (χ0v) is 16.1. The molecule has 148 valence electrons. The van der Waals surface area contributed by atoms with E-state index in [-0.39, 0.29) is 12.3 Å². The number of nitriles is 2. The van der Waals surface area contributed by atoms with Crippen molar-refractivity contribution < 1.29 is 0 Å². The van der Waals surface area contributed by atoms with Crippen LogP contribution in [0.15, 0.2) is 30.9 Å². The van der Waals surface area contributed by atoms with Gasteiger partial charge in [-0.1, -0.05) is 5.21 Å². The predicted molar refractivity (Wildman–Crippen MR) is 105 cm³/mol. The zero-order chi connectivity index (χ0) is 20.9. The smallest absolute Gasteiger partial charge is 0.155 e. The van der Waals surface area contributed by atoms with E-state index in [2.05, 4.69) is 32.6 Å². The van der Waals surface area contributed by atoms with Gasteiger partial charge in [0.25, 0.3) is 0 Å². The third kappa shape index (κ3) is 2.60. The van der Waals surface area contributed by atoms with Crippen LogP contribution >= 0.6 is 0 Å². The molecule has 11 heteroatoms.